The summed E-state index contributed by atoms with van der Waals surface area (Å²) >= 11 is 0. The van der Waals surface area contributed by atoms with Gasteiger partial charge in [-0.15, -0.1) is 0 Å². The molecule has 0 aliphatic heterocycles. The number of hydrogen-bond acceptors (Lipinski definition) is 2. The Hall–Kier alpha value is -1.31. The Bertz CT molecular complexity index is 310. The lowest BCUT2D eigenvalue weighted by Gasteiger charge is -2.06. The average molecular weight is 190 g/mol. The van der Waals surface area contributed by atoms with Crippen LogP contribution < -0.4 is 5.84 Å². The molecule has 76 valence electrons. The van der Waals surface area contributed by atoms with Crippen LogP contribution in [0.3, 0.4) is 0 Å². The van der Waals surface area contributed by atoms with Gasteiger partial charge in [0, 0.05) is 12.1 Å². The maximum Gasteiger partial charge on any atom is 0.0388 e. The van der Waals surface area contributed by atoms with Gasteiger partial charge in [-0.2, -0.15) is 5.10 Å². The van der Waals surface area contributed by atoms with Crippen LogP contribution in [0.25, 0.3) is 0 Å². The van der Waals surface area contributed by atoms with Gasteiger partial charge in [-0.1, -0.05) is 38.1 Å². The molecular formula is C12H18N2. The Balaban J connectivity index is 2.74. The maximum absolute atomic E-state index is 5.19. The molecule has 2 N–H and O–H groups in total. The summed E-state index contributed by atoms with van der Waals surface area (Å²) in [5.41, 5.74) is 3.60. The highest BCUT2D eigenvalue weighted by Crippen LogP contribution is 2.14. The van der Waals surface area contributed by atoms with E-state index >= 15 is 0 Å². The maximum atomic E-state index is 5.19. The highest BCUT2D eigenvalue weighted by Gasteiger charge is 1.99. The molecule has 2 heteroatoms. The molecule has 0 unspecified atom stereocenters. The van der Waals surface area contributed by atoms with Crippen molar-refractivity contribution in [3.8, 4) is 0 Å². The van der Waals surface area contributed by atoms with Crippen LogP contribution in [0.5, 0.6) is 0 Å². The Morgan fingerprint density at radius 2 is 1.86 bits per heavy atom. The van der Waals surface area contributed by atoms with Crippen LogP contribution in [0.2, 0.25) is 0 Å². The first-order valence-corrected chi connectivity index (χ1v) is 4.95. The van der Waals surface area contributed by atoms with Gasteiger partial charge in [0.25, 0.3) is 0 Å². The molecule has 0 saturated heterocycles. The van der Waals surface area contributed by atoms with E-state index in [1.54, 1.807) is 0 Å². The van der Waals surface area contributed by atoms with Gasteiger partial charge in [0.05, 0.1) is 0 Å². The van der Waals surface area contributed by atoms with Crippen molar-refractivity contribution in [2.75, 3.05) is 0 Å². The van der Waals surface area contributed by atoms with E-state index in [1.165, 1.54) is 11.1 Å². The van der Waals surface area contributed by atoms with E-state index in [4.69, 9.17) is 5.84 Å². The molecule has 2 nitrogen and oxygen atoms in total. The van der Waals surface area contributed by atoms with Crippen molar-refractivity contribution < 1.29 is 0 Å². The molecule has 0 aliphatic rings. The molecule has 0 amide bonds. The number of hydrazone groups is 1. The van der Waals surface area contributed by atoms with E-state index in [9.17, 15) is 0 Å². The molecule has 0 fully saturated rings. The second-order valence-corrected chi connectivity index (χ2v) is 3.94. The van der Waals surface area contributed by atoms with Crippen LogP contribution in [0, 0.1) is 0 Å². The molecule has 1 aromatic rings. The first kappa shape index (κ1) is 10.8. The van der Waals surface area contributed by atoms with Crippen LogP contribution >= 0.6 is 0 Å². The van der Waals surface area contributed by atoms with Gasteiger partial charge in [-0.25, -0.2) is 0 Å². The first-order valence-electron chi connectivity index (χ1n) is 4.95. The van der Waals surface area contributed by atoms with Gasteiger partial charge < -0.3 is 5.84 Å². The smallest absolute Gasteiger partial charge is 0.0388 e. The van der Waals surface area contributed by atoms with Crippen molar-refractivity contribution in [2.24, 2.45) is 10.9 Å². The van der Waals surface area contributed by atoms with Crippen molar-refractivity contribution in [3.05, 3.63) is 35.4 Å². The predicted octanol–water partition coefficient (Wildman–Crippen LogP) is 2.69. The number of nitrogens with two attached hydrogens (primary N) is 1. The zero-order valence-corrected chi connectivity index (χ0v) is 9.12. The fourth-order valence-corrected chi connectivity index (χ4v) is 1.36. The lowest BCUT2D eigenvalue weighted by molar-refractivity contribution is 0.865. The summed E-state index contributed by atoms with van der Waals surface area (Å²) in [5.74, 6) is 5.78. The molecule has 0 atom stereocenters. The van der Waals surface area contributed by atoms with Gasteiger partial charge in [0.2, 0.25) is 0 Å². The molecule has 0 heterocycles. The van der Waals surface area contributed by atoms with E-state index < -0.39 is 0 Å². The van der Waals surface area contributed by atoms with Crippen LogP contribution in [-0.2, 0) is 6.42 Å². The second-order valence-electron chi connectivity index (χ2n) is 3.94. The summed E-state index contributed by atoms with van der Waals surface area (Å²) in [4.78, 5) is 0. The number of hydrogen-bond donors (Lipinski definition) is 1. The largest absolute Gasteiger partial charge is 0.323 e. The Morgan fingerprint density at radius 1 is 1.29 bits per heavy atom. The normalized spacial score (nSPS) is 12.1. The van der Waals surface area contributed by atoms with Gasteiger partial charge >= 0.3 is 0 Å². The van der Waals surface area contributed by atoms with Crippen molar-refractivity contribution in [1.29, 1.82) is 0 Å². The summed E-state index contributed by atoms with van der Waals surface area (Å²) in [6.07, 6.45) is 0.842. The van der Waals surface area contributed by atoms with E-state index in [0.29, 0.717) is 5.92 Å². The van der Waals surface area contributed by atoms with E-state index in [0.717, 1.165) is 12.1 Å². The minimum Gasteiger partial charge on any atom is -0.323 e. The van der Waals surface area contributed by atoms with Gasteiger partial charge in [0.15, 0.2) is 0 Å². The SMILES string of the molecule is CC(Cc1ccc(C(C)C)cc1)=NN. The molecule has 0 bridgehead atoms. The molecule has 0 saturated carbocycles. The number of benzene rings is 1. The molecule has 0 spiro atoms. The summed E-state index contributed by atoms with van der Waals surface area (Å²) in [6.45, 7) is 6.33. The molecule has 0 radical (unpaired) electrons. The van der Waals surface area contributed by atoms with E-state index in [1.807, 2.05) is 6.92 Å². The Kier molecular flexibility index (Phi) is 3.69. The lowest BCUT2D eigenvalue weighted by atomic mass is 10.0. The standard InChI is InChI=1S/C12H18N2/c1-9(2)12-6-4-11(5-7-12)8-10(3)14-13/h4-7,9H,8,13H2,1-3H3. The Morgan fingerprint density at radius 3 is 2.29 bits per heavy atom. The number of nitrogens with zero attached hydrogens (tertiary/aromatic N) is 1. The summed E-state index contributed by atoms with van der Waals surface area (Å²) in [5, 5.41) is 3.66. The topological polar surface area (TPSA) is 38.4 Å². The summed E-state index contributed by atoms with van der Waals surface area (Å²) in [6, 6.07) is 8.63. The van der Waals surface area contributed by atoms with Gasteiger partial charge in [-0.3, -0.25) is 0 Å². The molecule has 14 heavy (non-hydrogen) atoms. The zero-order chi connectivity index (χ0) is 10.6. The van der Waals surface area contributed by atoms with E-state index in [2.05, 4.69) is 43.2 Å². The average Bonchev–Trinajstić information content (AvgIpc) is 2.18. The molecular weight excluding hydrogens is 172 g/mol. The minimum absolute atomic E-state index is 0.591. The molecule has 0 aliphatic carbocycles. The molecule has 1 aromatic carbocycles. The highest BCUT2D eigenvalue weighted by molar-refractivity contribution is 5.83. The quantitative estimate of drug-likeness (QED) is 0.444. The number of rotatable bonds is 3. The van der Waals surface area contributed by atoms with Crippen molar-refractivity contribution in [1.82, 2.24) is 0 Å². The van der Waals surface area contributed by atoms with Crippen molar-refractivity contribution >= 4 is 5.71 Å². The third-order valence-corrected chi connectivity index (χ3v) is 2.33. The van der Waals surface area contributed by atoms with E-state index in [-0.39, 0.29) is 0 Å². The third kappa shape index (κ3) is 2.87. The lowest BCUT2D eigenvalue weighted by Crippen LogP contribution is -2.01. The molecule has 1 rings (SSSR count). The van der Waals surface area contributed by atoms with Gasteiger partial charge in [0.1, 0.15) is 0 Å². The van der Waals surface area contributed by atoms with Crippen molar-refractivity contribution in [3.63, 3.8) is 0 Å². The Labute approximate surface area is 85.8 Å². The monoisotopic (exact) mass is 190 g/mol. The van der Waals surface area contributed by atoms with Crippen LogP contribution in [0.1, 0.15) is 37.8 Å². The minimum atomic E-state index is 0.591. The highest BCUT2D eigenvalue weighted by atomic mass is 15.1. The van der Waals surface area contributed by atoms with Crippen LogP contribution in [-0.4, -0.2) is 5.71 Å². The first-order chi connectivity index (χ1) is 6.63. The molecule has 0 aromatic heterocycles. The van der Waals surface area contributed by atoms with Gasteiger partial charge in [-0.05, 0) is 24.0 Å². The van der Waals surface area contributed by atoms with Crippen LogP contribution in [0.4, 0.5) is 0 Å². The fraction of sp³-hybridized carbons (Fsp3) is 0.417. The summed E-state index contributed by atoms with van der Waals surface area (Å²) in [7, 11) is 0. The second kappa shape index (κ2) is 4.80. The third-order valence-electron chi connectivity index (χ3n) is 2.33. The predicted molar refractivity (Wildman–Crippen MR) is 61.5 cm³/mol. The zero-order valence-electron chi connectivity index (χ0n) is 9.12. The van der Waals surface area contributed by atoms with Crippen molar-refractivity contribution in [2.45, 2.75) is 33.1 Å². The fourth-order valence-electron chi connectivity index (χ4n) is 1.36. The summed E-state index contributed by atoms with van der Waals surface area (Å²) < 4.78 is 0. The van der Waals surface area contributed by atoms with Crippen LogP contribution in [0.15, 0.2) is 29.4 Å².